The molecule has 3 aromatic heterocycles. The summed E-state index contributed by atoms with van der Waals surface area (Å²) < 4.78 is 31.7. The summed E-state index contributed by atoms with van der Waals surface area (Å²) >= 11 is 6.43. The zero-order valence-electron chi connectivity index (χ0n) is 17.1. The molecular formula is C23H17ClF2N6. The van der Waals surface area contributed by atoms with Gasteiger partial charge in [-0.05, 0) is 49.2 Å². The molecule has 2 aromatic carbocycles. The lowest BCUT2D eigenvalue weighted by molar-refractivity contribution is 0.618. The van der Waals surface area contributed by atoms with Crippen LogP contribution in [-0.2, 0) is 0 Å². The van der Waals surface area contributed by atoms with Gasteiger partial charge in [0.25, 0.3) is 0 Å². The number of imidazole rings is 2. The zero-order chi connectivity index (χ0) is 22.6. The molecule has 0 aliphatic carbocycles. The van der Waals surface area contributed by atoms with Gasteiger partial charge in [-0.25, -0.2) is 23.3 Å². The van der Waals surface area contributed by atoms with Crippen LogP contribution in [0.1, 0.15) is 11.3 Å². The van der Waals surface area contributed by atoms with Crippen LogP contribution >= 0.6 is 11.6 Å². The molecular weight excluding hydrogens is 434 g/mol. The molecule has 0 atom stereocenters. The molecule has 32 heavy (non-hydrogen) atoms. The van der Waals surface area contributed by atoms with Crippen molar-refractivity contribution in [2.45, 2.75) is 13.8 Å². The molecule has 5 aromatic rings. The Kier molecular flexibility index (Phi) is 4.67. The fourth-order valence-electron chi connectivity index (χ4n) is 3.70. The average molecular weight is 451 g/mol. The second-order valence-electron chi connectivity index (χ2n) is 7.52. The van der Waals surface area contributed by atoms with E-state index in [4.69, 9.17) is 17.3 Å². The first kappa shape index (κ1) is 20.1. The zero-order valence-corrected chi connectivity index (χ0v) is 17.9. The van der Waals surface area contributed by atoms with Gasteiger partial charge in [0.2, 0.25) is 0 Å². The Labute approximate surface area is 186 Å². The van der Waals surface area contributed by atoms with E-state index in [2.05, 4.69) is 15.1 Å². The van der Waals surface area contributed by atoms with Crippen LogP contribution in [0.25, 0.3) is 33.7 Å². The third-order valence-corrected chi connectivity index (χ3v) is 5.57. The van der Waals surface area contributed by atoms with Gasteiger partial charge in [0.1, 0.15) is 11.6 Å². The molecule has 0 bridgehead atoms. The van der Waals surface area contributed by atoms with Crippen LogP contribution in [0.5, 0.6) is 0 Å². The highest BCUT2D eigenvalue weighted by atomic mass is 35.5. The largest absolute Gasteiger partial charge is 0.395 e. The summed E-state index contributed by atoms with van der Waals surface area (Å²) in [6.45, 7) is 3.69. The monoisotopic (exact) mass is 450 g/mol. The molecule has 0 radical (unpaired) electrons. The maximum Gasteiger partial charge on any atom is 0.178 e. The average Bonchev–Trinajstić information content (AvgIpc) is 3.36. The molecule has 0 unspecified atom stereocenters. The lowest BCUT2D eigenvalue weighted by Gasteiger charge is -2.11. The van der Waals surface area contributed by atoms with Gasteiger partial charge in [-0.15, -0.1) is 0 Å². The number of nitrogens with two attached hydrogens (primary N) is 1. The van der Waals surface area contributed by atoms with Gasteiger partial charge in [-0.3, -0.25) is 0 Å². The number of hydrogen-bond acceptors (Lipinski definition) is 4. The van der Waals surface area contributed by atoms with Gasteiger partial charge in [0, 0.05) is 17.3 Å². The fraction of sp³-hybridized carbons (Fsp3) is 0.0870. The SMILES string of the molecule is Cc1cn(-c2ccc(-c3c(Cl)nn4cc(-c5cc(F)ccc5C)nc4c3N)cc2F)cn1. The van der Waals surface area contributed by atoms with Crippen LogP contribution in [0, 0.1) is 25.5 Å². The molecule has 6 nitrogen and oxygen atoms in total. The highest BCUT2D eigenvalue weighted by Gasteiger charge is 2.19. The van der Waals surface area contributed by atoms with E-state index in [1.807, 2.05) is 13.8 Å². The molecule has 0 saturated carbocycles. The number of halogens is 3. The van der Waals surface area contributed by atoms with E-state index in [1.54, 1.807) is 41.5 Å². The van der Waals surface area contributed by atoms with Crippen molar-refractivity contribution in [1.29, 1.82) is 0 Å². The quantitative estimate of drug-likeness (QED) is 0.400. The smallest absolute Gasteiger partial charge is 0.178 e. The maximum atomic E-state index is 14.9. The molecule has 0 saturated heterocycles. The number of nitrogens with zero attached hydrogens (tertiary/aromatic N) is 5. The molecule has 3 heterocycles. The standard InChI is InChI=1S/C23H17ClF2N6/c1-12-3-5-15(25)8-16(12)18-10-32-23(29-18)21(27)20(22(24)30-32)14-4-6-19(17(26)7-14)31-9-13(2)28-11-31/h3-11H,27H2,1-2H3. The highest BCUT2D eigenvalue weighted by molar-refractivity contribution is 6.33. The molecule has 0 fully saturated rings. The van der Waals surface area contributed by atoms with Gasteiger partial charge < -0.3 is 10.3 Å². The van der Waals surface area contributed by atoms with E-state index >= 15 is 0 Å². The molecule has 5 rings (SSSR count). The van der Waals surface area contributed by atoms with Crippen LogP contribution in [-0.4, -0.2) is 24.1 Å². The summed E-state index contributed by atoms with van der Waals surface area (Å²) in [5.41, 5.74) is 10.9. The van der Waals surface area contributed by atoms with E-state index in [9.17, 15) is 8.78 Å². The number of nitrogen functional groups attached to an aromatic ring is 1. The summed E-state index contributed by atoms with van der Waals surface area (Å²) in [5, 5.41) is 4.43. The van der Waals surface area contributed by atoms with E-state index in [-0.39, 0.29) is 16.7 Å². The first-order chi connectivity index (χ1) is 15.3. The summed E-state index contributed by atoms with van der Waals surface area (Å²) in [6.07, 6.45) is 4.91. The molecule has 0 aliphatic heterocycles. The van der Waals surface area contributed by atoms with Crippen LogP contribution in [0.2, 0.25) is 5.15 Å². The summed E-state index contributed by atoms with van der Waals surface area (Å²) in [5.74, 6) is -0.833. The Morgan fingerprint density at radius 3 is 2.56 bits per heavy atom. The Morgan fingerprint density at radius 1 is 1.03 bits per heavy atom. The Bertz CT molecular complexity index is 1500. The Morgan fingerprint density at radius 2 is 1.84 bits per heavy atom. The normalized spacial score (nSPS) is 11.4. The Hall–Kier alpha value is -3.78. The topological polar surface area (TPSA) is 74.0 Å². The van der Waals surface area contributed by atoms with Gasteiger partial charge >= 0.3 is 0 Å². The first-order valence-corrected chi connectivity index (χ1v) is 10.1. The van der Waals surface area contributed by atoms with Crippen molar-refractivity contribution < 1.29 is 8.78 Å². The fourth-order valence-corrected chi connectivity index (χ4v) is 3.99. The lowest BCUT2D eigenvalue weighted by Crippen LogP contribution is -2.02. The van der Waals surface area contributed by atoms with Crippen LogP contribution in [0.15, 0.2) is 55.1 Å². The van der Waals surface area contributed by atoms with Crippen molar-refractivity contribution in [3.05, 3.63) is 83.2 Å². The molecule has 160 valence electrons. The molecule has 9 heteroatoms. The highest BCUT2D eigenvalue weighted by Crippen LogP contribution is 2.36. The Balaban J connectivity index is 1.63. The number of fused-ring (bicyclic) bond motifs is 1. The van der Waals surface area contributed by atoms with Gasteiger partial charge in [0.15, 0.2) is 10.8 Å². The van der Waals surface area contributed by atoms with Crippen molar-refractivity contribution in [2.75, 3.05) is 5.73 Å². The predicted octanol–water partition coefficient (Wildman–Crippen LogP) is 5.38. The number of rotatable bonds is 3. The van der Waals surface area contributed by atoms with Crippen molar-refractivity contribution in [2.24, 2.45) is 0 Å². The van der Waals surface area contributed by atoms with Gasteiger partial charge in [-0.1, -0.05) is 23.7 Å². The number of aromatic nitrogens is 5. The van der Waals surface area contributed by atoms with Crippen LogP contribution in [0.3, 0.4) is 0 Å². The molecule has 2 N–H and O–H groups in total. The predicted molar refractivity (Wildman–Crippen MR) is 120 cm³/mol. The third kappa shape index (κ3) is 3.29. The summed E-state index contributed by atoms with van der Waals surface area (Å²) in [6, 6.07) is 9.15. The third-order valence-electron chi connectivity index (χ3n) is 5.30. The van der Waals surface area contributed by atoms with E-state index < -0.39 is 5.82 Å². The van der Waals surface area contributed by atoms with Crippen molar-refractivity contribution >= 4 is 22.9 Å². The minimum Gasteiger partial charge on any atom is -0.395 e. The van der Waals surface area contributed by atoms with Crippen molar-refractivity contribution in [3.8, 4) is 28.1 Å². The molecule has 0 aliphatic rings. The van der Waals surface area contributed by atoms with Crippen LogP contribution in [0.4, 0.5) is 14.5 Å². The van der Waals surface area contributed by atoms with Crippen LogP contribution < -0.4 is 5.73 Å². The number of aryl methyl sites for hydroxylation is 2. The lowest BCUT2D eigenvalue weighted by atomic mass is 10.1. The van der Waals surface area contributed by atoms with Gasteiger partial charge in [-0.2, -0.15) is 5.10 Å². The van der Waals surface area contributed by atoms with Gasteiger partial charge in [0.05, 0.1) is 35.3 Å². The minimum atomic E-state index is -0.463. The maximum absolute atomic E-state index is 14.9. The second-order valence-corrected chi connectivity index (χ2v) is 7.88. The first-order valence-electron chi connectivity index (χ1n) is 9.73. The van der Waals surface area contributed by atoms with E-state index in [1.165, 1.54) is 22.7 Å². The van der Waals surface area contributed by atoms with Crippen molar-refractivity contribution in [3.63, 3.8) is 0 Å². The van der Waals surface area contributed by atoms with E-state index in [0.29, 0.717) is 33.7 Å². The second kappa shape index (κ2) is 7.42. The summed E-state index contributed by atoms with van der Waals surface area (Å²) in [4.78, 5) is 8.67. The minimum absolute atomic E-state index is 0.0977. The van der Waals surface area contributed by atoms with Crippen molar-refractivity contribution in [1.82, 2.24) is 24.1 Å². The van der Waals surface area contributed by atoms with E-state index in [0.717, 1.165) is 11.3 Å². The summed E-state index contributed by atoms with van der Waals surface area (Å²) in [7, 11) is 0. The number of anilines is 1. The number of hydrogen-bond donors (Lipinski definition) is 1. The molecule has 0 amide bonds. The molecule has 0 spiro atoms. The number of benzene rings is 2.